The van der Waals surface area contributed by atoms with Gasteiger partial charge in [0.25, 0.3) is 5.91 Å². The van der Waals surface area contributed by atoms with E-state index in [0.29, 0.717) is 17.1 Å². The molecule has 0 aromatic heterocycles. The zero-order valence-corrected chi connectivity index (χ0v) is 14.6. The van der Waals surface area contributed by atoms with Crippen molar-refractivity contribution in [3.63, 3.8) is 0 Å². The molecule has 2 aromatic rings. The Bertz CT molecular complexity index is 777. The molecular weight excluding hydrogens is 336 g/mol. The highest BCUT2D eigenvalue weighted by molar-refractivity contribution is 7.78. The molecule has 0 spiro atoms. The predicted octanol–water partition coefficient (Wildman–Crippen LogP) is 3.85. The Labute approximate surface area is 151 Å². The van der Waals surface area contributed by atoms with Gasteiger partial charge in [-0.3, -0.25) is 4.79 Å². The number of amides is 1. The van der Waals surface area contributed by atoms with Crippen molar-refractivity contribution in [2.45, 2.75) is 24.9 Å². The number of benzene rings is 2. The number of nitrogens with zero attached hydrogens (tertiary/aromatic N) is 1. The largest absolute Gasteiger partial charge is 0.497 e. The maximum Gasteiger partial charge on any atom is 0.251 e. The molecule has 25 heavy (non-hydrogen) atoms. The number of carbonyl (C=O) groups excluding carboxylic acids is 1. The first-order valence-electron chi connectivity index (χ1n) is 7.98. The fourth-order valence-corrected chi connectivity index (χ4v) is 2.76. The minimum atomic E-state index is -0.0919. The van der Waals surface area contributed by atoms with E-state index in [-0.39, 0.29) is 18.0 Å². The molecule has 1 saturated carbocycles. The molecule has 1 amide bonds. The summed E-state index contributed by atoms with van der Waals surface area (Å²) in [7, 11) is 1.62. The summed E-state index contributed by atoms with van der Waals surface area (Å²) in [5, 5.41) is 5.37. The van der Waals surface area contributed by atoms with Gasteiger partial charge in [0.05, 0.1) is 18.3 Å². The molecule has 0 aliphatic heterocycles. The summed E-state index contributed by atoms with van der Waals surface area (Å²) in [6.45, 7) is 0. The van der Waals surface area contributed by atoms with E-state index in [2.05, 4.69) is 27.7 Å². The number of hydrogen-bond acceptors (Lipinski definition) is 5. The fourth-order valence-electron chi connectivity index (χ4n) is 2.61. The van der Waals surface area contributed by atoms with Crippen molar-refractivity contribution in [3.05, 3.63) is 54.1 Å². The van der Waals surface area contributed by atoms with Gasteiger partial charge in [-0.25, -0.2) is 4.99 Å². The van der Waals surface area contributed by atoms with Crippen LogP contribution < -0.4 is 14.8 Å². The van der Waals surface area contributed by atoms with E-state index in [1.54, 1.807) is 31.4 Å². The molecule has 0 bridgehead atoms. The van der Waals surface area contributed by atoms with Gasteiger partial charge in [0, 0.05) is 11.6 Å². The molecule has 1 N–H and O–H groups in total. The molecular formula is C19H18N2O3S. The molecule has 5 nitrogen and oxygen atoms in total. The second-order valence-electron chi connectivity index (χ2n) is 5.82. The van der Waals surface area contributed by atoms with Gasteiger partial charge >= 0.3 is 0 Å². The third-order valence-electron chi connectivity index (χ3n) is 4.10. The number of rotatable bonds is 6. The van der Waals surface area contributed by atoms with Crippen LogP contribution in [0.5, 0.6) is 17.2 Å². The molecule has 1 aliphatic rings. The van der Waals surface area contributed by atoms with Gasteiger partial charge in [0.2, 0.25) is 0 Å². The highest BCUT2D eigenvalue weighted by Gasteiger charge is 2.29. The lowest BCUT2D eigenvalue weighted by Crippen LogP contribution is -2.46. The van der Waals surface area contributed by atoms with Crippen LogP contribution in [0, 0.1) is 0 Å². The predicted molar refractivity (Wildman–Crippen MR) is 98.8 cm³/mol. The molecule has 0 saturated heterocycles. The Kier molecular flexibility index (Phi) is 5.43. The number of thiocarbonyl (C=S) groups is 1. The van der Waals surface area contributed by atoms with E-state index in [1.165, 1.54) is 0 Å². The van der Waals surface area contributed by atoms with E-state index in [0.717, 1.165) is 18.6 Å². The molecule has 6 heteroatoms. The molecule has 0 atom stereocenters. The van der Waals surface area contributed by atoms with E-state index >= 15 is 0 Å². The van der Waals surface area contributed by atoms with Crippen molar-refractivity contribution in [2.24, 2.45) is 4.99 Å². The van der Waals surface area contributed by atoms with Gasteiger partial charge in [0.15, 0.2) is 0 Å². The third-order valence-corrected chi connectivity index (χ3v) is 4.20. The molecule has 1 aliphatic carbocycles. The summed E-state index contributed by atoms with van der Waals surface area (Å²) in [4.78, 5) is 16.2. The van der Waals surface area contributed by atoms with E-state index in [9.17, 15) is 4.79 Å². The van der Waals surface area contributed by atoms with E-state index in [4.69, 9.17) is 9.47 Å². The summed E-state index contributed by atoms with van der Waals surface area (Å²) in [5.74, 6) is 2.05. The summed E-state index contributed by atoms with van der Waals surface area (Å²) in [5.41, 5.74) is 0.601. The summed E-state index contributed by atoms with van der Waals surface area (Å²) in [6, 6.07) is 14.7. The van der Waals surface area contributed by atoms with Crippen molar-refractivity contribution < 1.29 is 14.3 Å². The Morgan fingerprint density at radius 2 is 1.64 bits per heavy atom. The first-order valence-corrected chi connectivity index (χ1v) is 8.38. The second kappa shape index (κ2) is 7.92. The van der Waals surface area contributed by atoms with Gasteiger partial charge in [0.1, 0.15) is 17.2 Å². The smallest absolute Gasteiger partial charge is 0.251 e. The quantitative estimate of drug-likeness (QED) is 0.632. The zero-order valence-electron chi connectivity index (χ0n) is 13.8. The average Bonchev–Trinajstić information content (AvgIpc) is 2.61. The van der Waals surface area contributed by atoms with Crippen molar-refractivity contribution in [1.29, 1.82) is 0 Å². The zero-order chi connectivity index (χ0) is 17.6. The lowest BCUT2D eigenvalue weighted by atomic mass is 9.87. The number of carbonyl (C=O) groups is 1. The summed E-state index contributed by atoms with van der Waals surface area (Å²) in [6.07, 6.45) is 1.63. The Morgan fingerprint density at radius 3 is 2.20 bits per heavy atom. The van der Waals surface area contributed by atoms with Crippen LogP contribution in [0.4, 0.5) is 0 Å². The van der Waals surface area contributed by atoms with Gasteiger partial charge in [-0.05, 0) is 73.6 Å². The van der Waals surface area contributed by atoms with Crippen LogP contribution in [0.2, 0.25) is 0 Å². The SMILES string of the molecule is COc1ccc(Oc2ccc(C(=O)NC3CC(N=C=S)C3)cc2)cc1. The van der Waals surface area contributed by atoms with Crippen molar-refractivity contribution in [3.8, 4) is 17.2 Å². The molecule has 0 unspecified atom stereocenters. The van der Waals surface area contributed by atoms with E-state index < -0.39 is 0 Å². The van der Waals surface area contributed by atoms with Crippen LogP contribution in [0.25, 0.3) is 0 Å². The standard InChI is InChI=1S/C19H18N2O3S/c1-23-16-6-8-18(9-7-16)24-17-4-2-13(3-5-17)19(22)21-15-10-14(11-15)20-12-25/h2-9,14-15H,10-11H2,1H3,(H,21,22). The highest BCUT2D eigenvalue weighted by Crippen LogP contribution is 2.25. The van der Waals surface area contributed by atoms with Gasteiger partial charge in [-0.1, -0.05) is 0 Å². The Morgan fingerprint density at radius 1 is 1.08 bits per heavy atom. The summed E-state index contributed by atoms with van der Waals surface area (Å²) < 4.78 is 10.9. The number of ether oxygens (including phenoxy) is 2. The number of aliphatic imine (C=N–C) groups is 1. The van der Waals surface area contributed by atoms with Gasteiger partial charge in [-0.15, -0.1) is 0 Å². The van der Waals surface area contributed by atoms with Crippen molar-refractivity contribution in [2.75, 3.05) is 7.11 Å². The normalized spacial score (nSPS) is 18.4. The molecule has 0 heterocycles. The minimum Gasteiger partial charge on any atom is -0.497 e. The van der Waals surface area contributed by atoms with Crippen molar-refractivity contribution in [1.82, 2.24) is 5.32 Å². The molecule has 128 valence electrons. The molecule has 3 rings (SSSR count). The van der Waals surface area contributed by atoms with Crippen molar-refractivity contribution >= 4 is 23.3 Å². The topological polar surface area (TPSA) is 59.9 Å². The van der Waals surface area contributed by atoms with Crippen LogP contribution in [-0.4, -0.2) is 30.3 Å². The maximum atomic E-state index is 12.2. The van der Waals surface area contributed by atoms with Crippen LogP contribution in [-0.2, 0) is 0 Å². The number of isothiocyanates is 1. The Balaban J connectivity index is 1.54. The van der Waals surface area contributed by atoms with Crippen LogP contribution in [0.1, 0.15) is 23.2 Å². The van der Waals surface area contributed by atoms with Gasteiger partial charge < -0.3 is 14.8 Å². The highest BCUT2D eigenvalue weighted by atomic mass is 32.1. The monoisotopic (exact) mass is 354 g/mol. The number of hydrogen-bond donors (Lipinski definition) is 1. The summed E-state index contributed by atoms with van der Waals surface area (Å²) >= 11 is 4.58. The lowest BCUT2D eigenvalue weighted by molar-refractivity contribution is 0.0910. The van der Waals surface area contributed by atoms with Crippen LogP contribution in [0.15, 0.2) is 53.5 Å². The first-order chi connectivity index (χ1) is 12.2. The molecule has 2 aromatic carbocycles. The fraction of sp³-hybridized carbons (Fsp3) is 0.263. The van der Waals surface area contributed by atoms with Crippen LogP contribution in [0.3, 0.4) is 0 Å². The Hall–Kier alpha value is -2.69. The second-order valence-corrected chi connectivity index (χ2v) is 6.00. The molecule has 0 radical (unpaired) electrons. The van der Waals surface area contributed by atoms with E-state index in [1.807, 2.05) is 24.3 Å². The lowest BCUT2D eigenvalue weighted by Gasteiger charge is -2.32. The maximum absolute atomic E-state index is 12.2. The average molecular weight is 354 g/mol. The third kappa shape index (κ3) is 4.44. The van der Waals surface area contributed by atoms with Crippen LogP contribution >= 0.6 is 12.2 Å². The first kappa shape index (κ1) is 17.1. The number of nitrogens with one attached hydrogen (secondary N) is 1. The van der Waals surface area contributed by atoms with Gasteiger partial charge in [-0.2, -0.15) is 0 Å². The minimum absolute atomic E-state index is 0.0919. The number of methoxy groups -OCH3 is 1. The molecule has 1 fully saturated rings.